The van der Waals surface area contributed by atoms with Gasteiger partial charge in [0.25, 0.3) is 5.56 Å². The lowest BCUT2D eigenvalue weighted by Crippen LogP contribution is -2.56. The van der Waals surface area contributed by atoms with Gasteiger partial charge in [0.05, 0.1) is 24.7 Å². The molecule has 0 aliphatic heterocycles. The van der Waals surface area contributed by atoms with E-state index >= 15 is 0 Å². The third-order valence-corrected chi connectivity index (χ3v) is 4.24. The summed E-state index contributed by atoms with van der Waals surface area (Å²) < 4.78 is 25.9. The van der Waals surface area contributed by atoms with Crippen LogP contribution in [0, 0.1) is 0 Å². The summed E-state index contributed by atoms with van der Waals surface area (Å²) in [5, 5.41) is 26.8. The van der Waals surface area contributed by atoms with Crippen molar-refractivity contribution < 1.29 is 23.7 Å². The third-order valence-electron chi connectivity index (χ3n) is 2.40. The van der Waals surface area contributed by atoms with Crippen LogP contribution in [0.3, 0.4) is 0 Å². The average Bonchev–Trinajstić information content (AvgIpc) is 2.39. The topological polar surface area (TPSA) is 140 Å². The van der Waals surface area contributed by atoms with E-state index < -0.39 is 40.9 Å². The molecule has 10 heteroatoms. The third kappa shape index (κ3) is 3.53. The second-order valence-electron chi connectivity index (χ2n) is 3.87. The van der Waals surface area contributed by atoms with Gasteiger partial charge in [-0.3, -0.25) is 4.79 Å². The van der Waals surface area contributed by atoms with Crippen LogP contribution >= 0.6 is 11.6 Å². The van der Waals surface area contributed by atoms with E-state index in [1.54, 1.807) is 0 Å². The van der Waals surface area contributed by atoms with Gasteiger partial charge in [-0.2, -0.15) is 4.72 Å². The van der Waals surface area contributed by atoms with E-state index in [1.165, 1.54) is 0 Å². The Morgan fingerprint density at radius 1 is 1.26 bits per heavy atom. The average molecular weight is 313 g/mol. The Hall–Kier alpha value is -0.970. The number of halogens is 1. The highest BCUT2D eigenvalue weighted by Crippen LogP contribution is 2.14. The van der Waals surface area contributed by atoms with Crippen molar-refractivity contribution in [1.82, 2.24) is 9.71 Å². The van der Waals surface area contributed by atoms with Crippen LogP contribution in [0.2, 0.25) is 5.02 Å². The zero-order valence-corrected chi connectivity index (χ0v) is 11.2. The van der Waals surface area contributed by atoms with Gasteiger partial charge in [0.1, 0.15) is 10.6 Å². The Balaban J connectivity index is 3.17. The van der Waals surface area contributed by atoms with E-state index in [2.05, 4.69) is 4.98 Å². The monoisotopic (exact) mass is 312 g/mol. The summed E-state index contributed by atoms with van der Waals surface area (Å²) in [6.45, 7) is -2.43. The summed E-state index contributed by atoms with van der Waals surface area (Å²) >= 11 is 5.51. The molecule has 0 bridgehead atoms. The molecule has 0 atom stereocenters. The molecular formula is C9H13ClN2O6S. The molecule has 0 amide bonds. The lowest BCUT2D eigenvalue weighted by molar-refractivity contribution is 0.0582. The Morgan fingerprint density at radius 3 is 2.21 bits per heavy atom. The SMILES string of the molecule is O=c1[nH]cc(S(=O)(=O)NC(CO)(CO)CO)cc1Cl. The fourth-order valence-electron chi connectivity index (χ4n) is 1.18. The molecule has 1 heterocycles. The van der Waals surface area contributed by atoms with Crippen molar-refractivity contribution in [3.8, 4) is 0 Å². The summed E-state index contributed by atoms with van der Waals surface area (Å²) in [4.78, 5) is 12.8. The lowest BCUT2D eigenvalue weighted by atomic mass is 10.1. The Kier molecular flexibility index (Phi) is 5.07. The van der Waals surface area contributed by atoms with Crippen molar-refractivity contribution in [2.24, 2.45) is 0 Å². The van der Waals surface area contributed by atoms with Gasteiger partial charge in [-0.05, 0) is 6.07 Å². The van der Waals surface area contributed by atoms with Crippen molar-refractivity contribution in [3.63, 3.8) is 0 Å². The van der Waals surface area contributed by atoms with Crippen LogP contribution in [0.4, 0.5) is 0 Å². The molecule has 5 N–H and O–H groups in total. The van der Waals surface area contributed by atoms with Crippen molar-refractivity contribution in [2.45, 2.75) is 10.4 Å². The van der Waals surface area contributed by atoms with Crippen LogP contribution in [0.1, 0.15) is 0 Å². The molecule has 0 saturated heterocycles. The molecule has 0 radical (unpaired) electrons. The number of aliphatic hydroxyl groups is 3. The summed E-state index contributed by atoms with van der Waals surface area (Å²) in [5.74, 6) is 0. The summed E-state index contributed by atoms with van der Waals surface area (Å²) in [6, 6.07) is 0.916. The Morgan fingerprint density at radius 2 is 1.79 bits per heavy atom. The summed E-state index contributed by atoms with van der Waals surface area (Å²) in [6.07, 6.45) is 0.910. The number of aromatic nitrogens is 1. The highest BCUT2D eigenvalue weighted by Gasteiger charge is 2.34. The molecule has 108 valence electrons. The number of pyridine rings is 1. The standard InChI is InChI=1S/C9H13ClN2O6S/c10-7-1-6(2-11-8(7)16)19(17,18)12-9(3-13,4-14)5-15/h1-2,12-15H,3-5H2,(H,11,16). The van der Waals surface area contributed by atoms with Gasteiger partial charge in [0.2, 0.25) is 10.0 Å². The normalized spacial score (nSPS) is 12.6. The molecule has 1 aromatic rings. The summed E-state index contributed by atoms with van der Waals surface area (Å²) in [7, 11) is -4.18. The van der Waals surface area contributed by atoms with Crippen molar-refractivity contribution in [3.05, 3.63) is 27.6 Å². The van der Waals surface area contributed by atoms with Gasteiger partial charge in [0, 0.05) is 6.20 Å². The van der Waals surface area contributed by atoms with Crippen LogP contribution in [-0.4, -0.2) is 54.1 Å². The van der Waals surface area contributed by atoms with Gasteiger partial charge in [0.15, 0.2) is 0 Å². The first-order chi connectivity index (χ1) is 8.80. The first-order valence-corrected chi connectivity index (χ1v) is 6.91. The Labute approximate surface area is 113 Å². The maximum atomic E-state index is 12.0. The molecule has 0 unspecified atom stereocenters. The number of hydrogen-bond donors (Lipinski definition) is 5. The minimum Gasteiger partial charge on any atom is -0.394 e. The molecule has 19 heavy (non-hydrogen) atoms. The number of nitrogens with one attached hydrogen (secondary N) is 2. The van der Waals surface area contributed by atoms with Gasteiger partial charge in [-0.15, -0.1) is 0 Å². The highest BCUT2D eigenvalue weighted by molar-refractivity contribution is 7.89. The fourth-order valence-corrected chi connectivity index (χ4v) is 2.79. The lowest BCUT2D eigenvalue weighted by Gasteiger charge is -2.28. The van der Waals surface area contributed by atoms with Gasteiger partial charge >= 0.3 is 0 Å². The minimum atomic E-state index is -4.18. The molecule has 0 aliphatic carbocycles. The molecule has 0 saturated carbocycles. The van der Waals surface area contributed by atoms with E-state index in [-0.39, 0.29) is 9.92 Å². The molecule has 0 spiro atoms. The van der Waals surface area contributed by atoms with Crippen molar-refractivity contribution in [2.75, 3.05) is 19.8 Å². The van der Waals surface area contributed by atoms with Crippen LogP contribution in [-0.2, 0) is 10.0 Å². The molecule has 1 aromatic heterocycles. The zero-order valence-electron chi connectivity index (χ0n) is 9.63. The predicted molar refractivity (Wildman–Crippen MR) is 66.4 cm³/mol. The smallest absolute Gasteiger partial charge is 0.266 e. The molecular weight excluding hydrogens is 300 g/mol. The molecule has 0 aliphatic rings. The van der Waals surface area contributed by atoms with E-state index in [0.717, 1.165) is 12.3 Å². The van der Waals surface area contributed by atoms with Gasteiger partial charge in [-0.25, -0.2) is 8.42 Å². The first kappa shape index (κ1) is 16.1. The number of rotatable bonds is 6. The summed E-state index contributed by atoms with van der Waals surface area (Å²) in [5.41, 5.74) is -2.46. The number of H-pyrrole nitrogens is 1. The van der Waals surface area contributed by atoms with Gasteiger partial charge in [-0.1, -0.05) is 11.6 Å². The largest absolute Gasteiger partial charge is 0.394 e. The van der Waals surface area contributed by atoms with Crippen molar-refractivity contribution >= 4 is 21.6 Å². The van der Waals surface area contributed by atoms with Crippen LogP contribution in [0.15, 0.2) is 22.0 Å². The number of hydrogen-bond acceptors (Lipinski definition) is 6. The molecule has 8 nitrogen and oxygen atoms in total. The Bertz CT molecular complexity index is 587. The van der Waals surface area contributed by atoms with Gasteiger partial charge < -0.3 is 20.3 Å². The minimum absolute atomic E-state index is 0.328. The maximum Gasteiger partial charge on any atom is 0.266 e. The zero-order chi connectivity index (χ0) is 14.7. The first-order valence-electron chi connectivity index (χ1n) is 5.05. The molecule has 0 aromatic carbocycles. The van der Waals surface area contributed by atoms with Crippen LogP contribution in [0.5, 0.6) is 0 Å². The molecule has 0 fully saturated rings. The van der Waals surface area contributed by atoms with Crippen LogP contribution in [0.25, 0.3) is 0 Å². The number of aliphatic hydroxyl groups excluding tert-OH is 3. The van der Waals surface area contributed by atoms with E-state index in [0.29, 0.717) is 0 Å². The second kappa shape index (κ2) is 5.99. The molecule has 1 rings (SSSR count). The van der Waals surface area contributed by atoms with E-state index in [1.807, 2.05) is 4.72 Å². The maximum absolute atomic E-state index is 12.0. The van der Waals surface area contributed by atoms with Crippen LogP contribution < -0.4 is 10.3 Å². The second-order valence-corrected chi connectivity index (χ2v) is 5.96. The number of sulfonamides is 1. The van der Waals surface area contributed by atoms with E-state index in [4.69, 9.17) is 26.9 Å². The quantitative estimate of drug-likeness (QED) is 0.412. The fraction of sp³-hybridized carbons (Fsp3) is 0.444. The van der Waals surface area contributed by atoms with E-state index in [9.17, 15) is 13.2 Å². The van der Waals surface area contributed by atoms with Crippen molar-refractivity contribution in [1.29, 1.82) is 0 Å². The predicted octanol–water partition coefficient (Wildman–Crippen LogP) is -1.98. The number of aromatic amines is 1. The highest BCUT2D eigenvalue weighted by atomic mass is 35.5.